The number of nitrogens with zero attached hydrogens (tertiary/aromatic N) is 1. The Morgan fingerprint density at radius 3 is 2.69 bits per heavy atom. The monoisotopic (exact) mass is 376 g/mol. The molecular formula is C18H24N4O3S. The van der Waals surface area contributed by atoms with Crippen LogP contribution in [0.3, 0.4) is 0 Å². The second kappa shape index (κ2) is 7.46. The lowest BCUT2D eigenvalue weighted by atomic mass is 9.87. The Morgan fingerprint density at radius 2 is 2.00 bits per heavy atom. The van der Waals surface area contributed by atoms with Crippen LogP contribution < -0.4 is 20.3 Å². The second-order valence-corrected chi connectivity index (χ2v) is 7.98. The number of anilines is 1. The molecule has 2 heterocycles. The van der Waals surface area contributed by atoms with Gasteiger partial charge in [-0.1, -0.05) is 6.42 Å². The van der Waals surface area contributed by atoms with E-state index in [9.17, 15) is 9.59 Å². The molecule has 3 N–H and O–H groups in total. The maximum atomic E-state index is 12.2. The largest absolute Gasteiger partial charge is 0.378 e. The SMILES string of the molecule is O=C1NC(=O)C2(CCCC2CNSc2ccc(N3CCOCC3)cc2)N1. The van der Waals surface area contributed by atoms with Gasteiger partial charge < -0.3 is 15.0 Å². The van der Waals surface area contributed by atoms with E-state index >= 15 is 0 Å². The summed E-state index contributed by atoms with van der Waals surface area (Å²) >= 11 is 1.57. The summed E-state index contributed by atoms with van der Waals surface area (Å²) in [6.45, 7) is 4.12. The minimum atomic E-state index is -0.717. The standard InChI is InChI=1S/C18H24N4O3S/c23-16-18(21-17(24)20-16)7-1-2-13(18)12-19-26-15-5-3-14(4-6-15)22-8-10-25-11-9-22/h3-6,13,19H,1-2,7-12H2,(H2,20,21,23,24). The van der Waals surface area contributed by atoms with Gasteiger partial charge in [0.25, 0.3) is 5.91 Å². The fourth-order valence-corrected chi connectivity index (χ4v) is 4.82. The maximum Gasteiger partial charge on any atom is 0.322 e. The van der Waals surface area contributed by atoms with Crippen molar-refractivity contribution in [3.63, 3.8) is 0 Å². The summed E-state index contributed by atoms with van der Waals surface area (Å²) < 4.78 is 8.77. The number of imide groups is 1. The van der Waals surface area contributed by atoms with Gasteiger partial charge in [0.05, 0.1) is 13.2 Å². The number of carbonyl (C=O) groups excluding carboxylic acids is 2. The number of ether oxygens (including phenoxy) is 1. The highest BCUT2D eigenvalue weighted by atomic mass is 32.2. The molecule has 0 radical (unpaired) electrons. The maximum absolute atomic E-state index is 12.2. The lowest BCUT2D eigenvalue weighted by Gasteiger charge is -2.29. The fourth-order valence-electron chi connectivity index (χ4n) is 4.09. The summed E-state index contributed by atoms with van der Waals surface area (Å²) in [4.78, 5) is 27.2. The third kappa shape index (κ3) is 3.41. The number of amides is 3. The van der Waals surface area contributed by atoms with Gasteiger partial charge in [-0.2, -0.15) is 0 Å². The molecule has 7 nitrogen and oxygen atoms in total. The normalized spacial score (nSPS) is 28.5. The molecule has 3 fully saturated rings. The first-order valence-electron chi connectivity index (χ1n) is 9.13. The Morgan fingerprint density at radius 1 is 1.23 bits per heavy atom. The summed E-state index contributed by atoms with van der Waals surface area (Å²) in [7, 11) is 0. The van der Waals surface area contributed by atoms with Crippen LogP contribution in [0.1, 0.15) is 19.3 Å². The molecule has 140 valence electrons. The van der Waals surface area contributed by atoms with Gasteiger partial charge in [-0.15, -0.1) is 0 Å². The molecule has 3 aliphatic rings. The highest BCUT2D eigenvalue weighted by Gasteiger charge is 2.53. The van der Waals surface area contributed by atoms with Crippen molar-refractivity contribution in [3.8, 4) is 0 Å². The Bertz CT molecular complexity index is 678. The number of urea groups is 1. The van der Waals surface area contributed by atoms with Gasteiger partial charge in [0, 0.05) is 36.1 Å². The molecule has 1 spiro atoms. The summed E-state index contributed by atoms with van der Waals surface area (Å²) in [6.07, 6.45) is 2.62. The summed E-state index contributed by atoms with van der Waals surface area (Å²) in [5.41, 5.74) is 0.503. The van der Waals surface area contributed by atoms with E-state index in [1.54, 1.807) is 11.9 Å². The van der Waals surface area contributed by atoms with Crippen molar-refractivity contribution in [1.82, 2.24) is 15.4 Å². The molecule has 4 rings (SSSR count). The Labute approximate surface area is 157 Å². The third-order valence-electron chi connectivity index (χ3n) is 5.52. The topological polar surface area (TPSA) is 82.7 Å². The van der Waals surface area contributed by atoms with Gasteiger partial charge in [-0.25, -0.2) is 4.79 Å². The molecule has 1 aromatic carbocycles. The molecule has 0 bridgehead atoms. The van der Waals surface area contributed by atoms with E-state index in [1.165, 1.54) is 5.69 Å². The lowest BCUT2D eigenvalue weighted by molar-refractivity contribution is -0.125. The minimum absolute atomic E-state index is 0.120. The highest BCUT2D eigenvalue weighted by Crippen LogP contribution is 2.38. The van der Waals surface area contributed by atoms with E-state index in [0.717, 1.165) is 50.5 Å². The molecular weight excluding hydrogens is 352 g/mol. The zero-order chi connectivity index (χ0) is 18.0. The van der Waals surface area contributed by atoms with Gasteiger partial charge in [-0.05, 0) is 49.1 Å². The molecule has 2 unspecified atom stereocenters. The van der Waals surface area contributed by atoms with E-state index in [1.807, 2.05) is 0 Å². The van der Waals surface area contributed by atoms with Crippen LogP contribution in [0.25, 0.3) is 0 Å². The Kier molecular flexibility index (Phi) is 5.06. The molecule has 1 saturated carbocycles. The van der Waals surface area contributed by atoms with Crippen molar-refractivity contribution in [2.75, 3.05) is 37.7 Å². The zero-order valence-electron chi connectivity index (χ0n) is 14.6. The van der Waals surface area contributed by atoms with Crippen LogP contribution >= 0.6 is 11.9 Å². The summed E-state index contributed by atoms with van der Waals surface area (Å²) in [5.74, 6) is -0.0549. The molecule has 0 aromatic heterocycles. The van der Waals surface area contributed by atoms with Gasteiger partial charge >= 0.3 is 6.03 Å². The number of carbonyl (C=O) groups is 2. The van der Waals surface area contributed by atoms with Crippen LogP contribution in [0.2, 0.25) is 0 Å². The van der Waals surface area contributed by atoms with Crippen LogP contribution in [0, 0.1) is 5.92 Å². The first kappa shape index (κ1) is 17.6. The predicted octanol–water partition coefficient (Wildman–Crippen LogP) is 1.50. The van der Waals surface area contributed by atoms with Crippen molar-refractivity contribution < 1.29 is 14.3 Å². The van der Waals surface area contributed by atoms with E-state index in [0.29, 0.717) is 6.54 Å². The molecule has 1 aliphatic carbocycles. The number of nitrogens with one attached hydrogen (secondary N) is 3. The molecule has 2 aliphatic heterocycles. The first-order valence-corrected chi connectivity index (χ1v) is 9.95. The number of benzene rings is 1. The summed E-state index contributed by atoms with van der Waals surface area (Å²) in [6, 6.07) is 8.12. The zero-order valence-corrected chi connectivity index (χ0v) is 15.4. The molecule has 2 saturated heterocycles. The molecule has 3 amide bonds. The van der Waals surface area contributed by atoms with Crippen molar-refractivity contribution >= 4 is 29.6 Å². The van der Waals surface area contributed by atoms with Crippen LogP contribution in [-0.4, -0.2) is 50.3 Å². The molecule has 1 aromatic rings. The van der Waals surface area contributed by atoms with Gasteiger partial charge in [0.15, 0.2) is 0 Å². The molecule has 26 heavy (non-hydrogen) atoms. The summed E-state index contributed by atoms with van der Waals surface area (Å²) in [5, 5.41) is 5.24. The molecule has 8 heteroatoms. The van der Waals surface area contributed by atoms with E-state index in [-0.39, 0.29) is 17.9 Å². The number of rotatable bonds is 5. The van der Waals surface area contributed by atoms with Crippen LogP contribution in [0.15, 0.2) is 29.2 Å². The number of morpholine rings is 1. The quantitative estimate of drug-likeness (QED) is 0.534. The van der Waals surface area contributed by atoms with Crippen LogP contribution in [-0.2, 0) is 9.53 Å². The van der Waals surface area contributed by atoms with E-state index in [4.69, 9.17) is 4.74 Å². The fraction of sp³-hybridized carbons (Fsp3) is 0.556. The Balaban J connectivity index is 1.30. The van der Waals surface area contributed by atoms with Gasteiger partial charge in [0.1, 0.15) is 5.54 Å². The van der Waals surface area contributed by atoms with Crippen molar-refractivity contribution in [3.05, 3.63) is 24.3 Å². The van der Waals surface area contributed by atoms with Gasteiger partial charge in [-0.3, -0.25) is 14.8 Å². The highest BCUT2D eigenvalue weighted by molar-refractivity contribution is 7.97. The number of hydrogen-bond acceptors (Lipinski definition) is 6. The van der Waals surface area contributed by atoms with Crippen LogP contribution in [0.4, 0.5) is 10.5 Å². The van der Waals surface area contributed by atoms with E-state index in [2.05, 4.69) is 44.5 Å². The predicted molar refractivity (Wildman–Crippen MR) is 100 cm³/mol. The van der Waals surface area contributed by atoms with Crippen molar-refractivity contribution in [2.45, 2.75) is 29.7 Å². The minimum Gasteiger partial charge on any atom is -0.378 e. The first-order chi connectivity index (χ1) is 12.7. The molecule has 2 atom stereocenters. The van der Waals surface area contributed by atoms with Gasteiger partial charge in [0.2, 0.25) is 0 Å². The average molecular weight is 376 g/mol. The van der Waals surface area contributed by atoms with Crippen LogP contribution in [0.5, 0.6) is 0 Å². The van der Waals surface area contributed by atoms with E-state index < -0.39 is 5.54 Å². The van der Waals surface area contributed by atoms with Crippen molar-refractivity contribution in [1.29, 1.82) is 0 Å². The van der Waals surface area contributed by atoms with Crippen molar-refractivity contribution in [2.24, 2.45) is 5.92 Å². The second-order valence-electron chi connectivity index (χ2n) is 7.01. The average Bonchev–Trinajstić information content (AvgIpc) is 3.19. The smallest absolute Gasteiger partial charge is 0.322 e. The lowest BCUT2D eigenvalue weighted by Crippen LogP contribution is -2.52. The number of hydrogen-bond donors (Lipinski definition) is 3. The third-order valence-corrected chi connectivity index (χ3v) is 6.34. The Hall–Kier alpha value is -1.77.